The van der Waals surface area contributed by atoms with Crippen LogP contribution >= 0.6 is 0 Å². The molecule has 1 aliphatic heterocycles. The van der Waals surface area contributed by atoms with E-state index in [0.29, 0.717) is 44.1 Å². The summed E-state index contributed by atoms with van der Waals surface area (Å²) in [5.74, 6) is 1.27. The average molecular weight is 441 g/mol. The maximum atomic E-state index is 13.5. The smallest absolute Gasteiger partial charge is 0.266 e. The fraction of sp³-hybridized carbons (Fsp3) is 0.269. The van der Waals surface area contributed by atoms with E-state index in [1.54, 1.807) is 12.1 Å². The molecule has 0 atom stereocenters. The van der Waals surface area contributed by atoms with Gasteiger partial charge in [-0.1, -0.05) is 36.4 Å². The Kier molecular flexibility index (Phi) is 5.57. The molecule has 0 spiro atoms. The number of carbonyl (C=O) groups is 1. The number of rotatable bonds is 5. The standard InChI is InChI=1S/C26H24N4O3/c1-2-30(22-10-5-8-18-7-3-4-9-20(18)22)25(31)19-12-14-29(15-13-19)26-21(17-27)28-24(33-26)23-11-6-16-32-23/h3-11,16,19H,2,12-15H2,1H3. The monoisotopic (exact) mass is 440 g/mol. The molecule has 0 N–H and O–H groups in total. The lowest BCUT2D eigenvalue weighted by molar-refractivity contribution is -0.122. The Balaban J connectivity index is 1.33. The van der Waals surface area contributed by atoms with Crippen LogP contribution in [0.25, 0.3) is 22.4 Å². The number of fused-ring (bicyclic) bond motifs is 1. The van der Waals surface area contributed by atoms with E-state index >= 15 is 0 Å². The van der Waals surface area contributed by atoms with Crippen molar-refractivity contribution in [1.82, 2.24) is 4.98 Å². The molecule has 2 aromatic heterocycles. The van der Waals surface area contributed by atoms with Gasteiger partial charge in [0.1, 0.15) is 6.07 Å². The van der Waals surface area contributed by atoms with Gasteiger partial charge in [-0.15, -0.1) is 0 Å². The predicted molar refractivity (Wildman–Crippen MR) is 126 cm³/mol. The molecular formula is C26H24N4O3. The molecule has 0 bridgehead atoms. The minimum atomic E-state index is -0.0850. The first-order valence-electron chi connectivity index (χ1n) is 11.2. The minimum Gasteiger partial charge on any atom is -0.459 e. The van der Waals surface area contributed by atoms with Crippen molar-refractivity contribution in [2.75, 3.05) is 29.4 Å². The molecule has 0 radical (unpaired) electrons. The zero-order valence-electron chi connectivity index (χ0n) is 18.4. The van der Waals surface area contributed by atoms with Crippen molar-refractivity contribution in [1.29, 1.82) is 5.26 Å². The number of nitrogens with zero attached hydrogens (tertiary/aromatic N) is 4. The number of hydrogen-bond acceptors (Lipinski definition) is 6. The Morgan fingerprint density at radius 3 is 2.67 bits per heavy atom. The number of carbonyl (C=O) groups excluding carboxylic acids is 1. The van der Waals surface area contributed by atoms with Crippen LogP contribution in [0.5, 0.6) is 0 Å². The van der Waals surface area contributed by atoms with Gasteiger partial charge in [-0.25, -0.2) is 0 Å². The minimum absolute atomic E-state index is 0.0850. The zero-order valence-corrected chi connectivity index (χ0v) is 18.4. The van der Waals surface area contributed by atoms with Crippen molar-refractivity contribution in [3.05, 3.63) is 66.6 Å². The topological polar surface area (TPSA) is 86.5 Å². The molecule has 1 fully saturated rings. The Morgan fingerprint density at radius 2 is 1.94 bits per heavy atom. The molecule has 2 aromatic carbocycles. The largest absolute Gasteiger partial charge is 0.459 e. The van der Waals surface area contributed by atoms with Crippen LogP contribution in [0.3, 0.4) is 0 Å². The number of oxazole rings is 1. The lowest BCUT2D eigenvalue weighted by Crippen LogP contribution is -2.43. The van der Waals surface area contributed by atoms with Crippen molar-refractivity contribution in [2.24, 2.45) is 5.92 Å². The maximum absolute atomic E-state index is 13.5. The number of furan rings is 1. The normalized spacial score (nSPS) is 14.4. The quantitative estimate of drug-likeness (QED) is 0.422. The van der Waals surface area contributed by atoms with Crippen LogP contribution in [0.15, 0.2) is 69.7 Å². The predicted octanol–water partition coefficient (Wildman–Crippen LogP) is 5.23. The summed E-state index contributed by atoms with van der Waals surface area (Å²) in [7, 11) is 0. The van der Waals surface area contributed by atoms with Crippen LogP contribution in [0.2, 0.25) is 0 Å². The van der Waals surface area contributed by atoms with E-state index in [1.807, 2.05) is 41.0 Å². The molecule has 0 saturated carbocycles. The molecule has 1 saturated heterocycles. The van der Waals surface area contributed by atoms with Gasteiger partial charge in [-0.3, -0.25) is 4.79 Å². The van der Waals surface area contributed by atoms with Crippen molar-refractivity contribution < 1.29 is 13.6 Å². The molecule has 33 heavy (non-hydrogen) atoms. The van der Waals surface area contributed by atoms with E-state index in [0.717, 1.165) is 16.5 Å². The molecule has 0 aliphatic carbocycles. The van der Waals surface area contributed by atoms with E-state index in [4.69, 9.17) is 8.83 Å². The van der Waals surface area contributed by atoms with Crippen LogP contribution in [-0.4, -0.2) is 30.5 Å². The second-order valence-corrected chi connectivity index (χ2v) is 8.10. The van der Waals surface area contributed by atoms with Gasteiger partial charge in [0.05, 0.1) is 12.0 Å². The van der Waals surface area contributed by atoms with Gasteiger partial charge >= 0.3 is 0 Å². The van der Waals surface area contributed by atoms with Gasteiger partial charge in [0.2, 0.25) is 17.5 Å². The third-order valence-electron chi connectivity index (χ3n) is 6.22. The number of piperidine rings is 1. The molecule has 0 unspecified atom stereocenters. The first-order chi connectivity index (χ1) is 16.2. The van der Waals surface area contributed by atoms with Gasteiger partial charge in [0.25, 0.3) is 5.89 Å². The Hall–Kier alpha value is -4.05. The summed E-state index contributed by atoms with van der Waals surface area (Å²) in [6.07, 6.45) is 2.90. The summed E-state index contributed by atoms with van der Waals surface area (Å²) >= 11 is 0. The fourth-order valence-electron chi connectivity index (χ4n) is 4.54. The van der Waals surface area contributed by atoms with Crippen LogP contribution in [0.1, 0.15) is 25.5 Å². The van der Waals surface area contributed by atoms with E-state index in [1.165, 1.54) is 6.26 Å². The molecule has 4 aromatic rings. The summed E-state index contributed by atoms with van der Waals surface area (Å²) < 4.78 is 11.2. The van der Waals surface area contributed by atoms with Gasteiger partial charge < -0.3 is 18.6 Å². The third-order valence-corrected chi connectivity index (χ3v) is 6.22. The molecule has 1 amide bonds. The highest BCUT2D eigenvalue weighted by molar-refractivity contribution is 6.04. The van der Waals surface area contributed by atoms with Crippen molar-refractivity contribution in [2.45, 2.75) is 19.8 Å². The van der Waals surface area contributed by atoms with Gasteiger partial charge in [-0.05, 0) is 43.4 Å². The lowest BCUT2D eigenvalue weighted by Gasteiger charge is -2.34. The van der Waals surface area contributed by atoms with Gasteiger partial charge in [0, 0.05) is 30.9 Å². The fourth-order valence-corrected chi connectivity index (χ4v) is 4.54. The molecule has 5 rings (SSSR count). The highest BCUT2D eigenvalue weighted by Crippen LogP contribution is 2.33. The summed E-state index contributed by atoms with van der Waals surface area (Å²) in [6, 6.07) is 19.8. The molecule has 1 aliphatic rings. The highest BCUT2D eigenvalue weighted by atomic mass is 16.4. The van der Waals surface area contributed by atoms with E-state index in [-0.39, 0.29) is 23.4 Å². The summed E-state index contributed by atoms with van der Waals surface area (Å²) in [5.41, 5.74) is 1.19. The number of nitriles is 1. The van der Waals surface area contributed by atoms with Crippen LogP contribution < -0.4 is 9.80 Å². The van der Waals surface area contributed by atoms with Crippen molar-refractivity contribution >= 4 is 28.3 Å². The number of amides is 1. The summed E-state index contributed by atoms with van der Waals surface area (Å²) in [4.78, 5) is 21.7. The van der Waals surface area contributed by atoms with E-state index in [2.05, 4.69) is 29.3 Å². The Labute approximate surface area is 191 Å². The summed E-state index contributed by atoms with van der Waals surface area (Å²) in [5, 5.41) is 11.7. The number of anilines is 2. The van der Waals surface area contributed by atoms with Crippen molar-refractivity contribution in [3.63, 3.8) is 0 Å². The van der Waals surface area contributed by atoms with Crippen LogP contribution in [0.4, 0.5) is 11.6 Å². The third kappa shape index (κ3) is 3.85. The number of aromatic nitrogens is 1. The van der Waals surface area contributed by atoms with Gasteiger partial charge in [0.15, 0.2) is 5.76 Å². The SMILES string of the molecule is CCN(C(=O)C1CCN(c2oc(-c3ccco3)nc2C#N)CC1)c1cccc2ccccc12. The molecule has 7 nitrogen and oxygen atoms in total. The van der Waals surface area contributed by atoms with Crippen molar-refractivity contribution in [3.8, 4) is 17.7 Å². The first-order valence-corrected chi connectivity index (χ1v) is 11.2. The average Bonchev–Trinajstić information content (AvgIpc) is 3.55. The van der Waals surface area contributed by atoms with E-state index in [9.17, 15) is 10.1 Å². The van der Waals surface area contributed by atoms with Crippen LogP contribution in [0, 0.1) is 17.2 Å². The Bertz CT molecular complexity index is 1310. The van der Waals surface area contributed by atoms with Crippen LogP contribution in [-0.2, 0) is 4.79 Å². The second-order valence-electron chi connectivity index (χ2n) is 8.10. The van der Waals surface area contributed by atoms with Gasteiger partial charge in [-0.2, -0.15) is 10.2 Å². The maximum Gasteiger partial charge on any atom is 0.266 e. The molecule has 166 valence electrons. The highest BCUT2D eigenvalue weighted by Gasteiger charge is 2.32. The number of benzene rings is 2. The molecular weight excluding hydrogens is 416 g/mol. The molecule has 3 heterocycles. The Morgan fingerprint density at radius 1 is 1.15 bits per heavy atom. The zero-order chi connectivity index (χ0) is 22.8. The number of hydrogen-bond donors (Lipinski definition) is 0. The van der Waals surface area contributed by atoms with E-state index < -0.39 is 0 Å². The molecule has 7 heteroatoms. The lowest BCUT2D eigenvalue weighted by atomic mass is 9.94. The second kappa shape index (κ2) is 8.83. The first kappa shape index (κ1) is 20.8. The summed E-state index contributed by atoms with van der Waals surface area (Å²) in [6.45, 7) is 3.86.